The van der Waals surface area contributed by atoms with Crippen LogP contribution in [0.25, 0.3) is 10.9 Å². The van der Waals surface area contributed by atoms with Crippen LogP contribution in [0.3, 0.4) is 0 Å². The second-order valence-corrected chi connectivity index (χ2v) is 5.29. The van der Waals surface area contributed by atoms with Crippen LogP contribution < -0.4 is 14.8 Å². The molecule has 0 bridgehead atoms. The maximum atomic E-state index is 8.80. The Labute approximate surface area is 150 Å². The Morgan fingerprint density at radius 3 is 2.35 bits per heavy atom. The van der Waals surface area contributed by atoms with E-state index >= 15 is 0 Å². The Hall–Kier alpha value is -2.88. The van der Waals surface area contributed by atoms with Crippen LogP contribution in [0.4, 0.5) is 5.82 Å². The summed E-state index contributed by atoms with van der Waals surface area (Å²) in [4.78, 5) is 17.3. The number of methoxy groups -OCH3 is 2. The van der Waals surface area contributed by atoms with Crippen LogP contribution >= 0.6 is 0 Å². The molecule has 3 N–H and O–H groups in total. The largest absolute Gasteiger partial charge is 0.493 e. The Balaban J connectivity index is 0.000000765. The van der Waals surface area contributed by atoms with Gasteiger partial charge in [0, 0.05) is 24.6 Å². The number of nitrogens with one attached hydrogen (secondary N) is 1. The van der Waals surface area contributed by atoms with Crippen molar-refractivity contribution in [2.45, 2.75) is 26.2 Å². The summed E-state index contributed by atoms with van der Waals surface area (Å²) < 4.78 is 10.7. The number of hydrogen-bond donors (Lipinski definition) is 3. The van der Waals surface area contributed by atoms with Gasteiger partial charge in [0.25, 0.3) is 5.09 Å². The van der Waals surface area contributed by atoms with Crippen molar-refractivity contribution in [1.82, 2.24) is 9.97 Å². The van der Waals surface area contributed by atoms with E-state index in [-0.39, 0.29) is 6.61 Å². The first-order valence-electron chi connectivity index (χ1n) is 8.01. The first-order valence-corrected chi connectivity index (χ1v) is 8.01. The molecule has 0 unspecified atom stereocenters. The molecule has 0 spiro atoms. The van der Waals surface area contributed by atoms with Gasteiger partial charge in [0.05, 0.1) is 19.7 Å². The molecule has 1 aromatic heterocycles. The third-order valence-corrected chi connectivity index (χ3v) is 3.44. The van der Waals surface area contributed by atoms with Crippen molar-refractivity contribution in [3.63, 3.8) is 0 Å². The molecule has 0 fully saturated rings. The summed E-state index contributed by atoms with van der Waals surface area (Å²) >= 11 is 0. The molecule has 144 valence electrons. The molecule has 0 atom stereocenters. The Morgan fingerprint density at radius 2 is 1.77 bits per heavy atom. The van der Waals surface area contributed by atoms with E-state index in [0.717, 1.165) is 42.5 Å². The summed E-state index contributed by atoms with van der Waals surface area (Å²) in [5.74, 6) is 2.82. The van der Waals surface area contributed by atoms with Gasteiger partial charge in [-0.1, -0.05) is 0 Å². The van der Waals surface area contributed by atoms with Crippen molar-refractivity contribution in [2.75, 3.05) is 32.7 Å². The number of aliphatic hydroxyl groups excluding tert-OH is 1. The maximum absolute atomic E-state index is 8.80. The number of ether oxygens (including phenoxy) is 2. The van der Waals surface area contributed by atoms with Crippen LogP contribution in [-0.4, -0.2) is 52.7 Å². The summed E-state index contributed by atoms with van der Waals surface area (Å²) in [5.41, 5.74) is 0.822. The fourth-order valence-electron chi connectivity index (χ4n) is 2.33. The molecule has 0 amide bonds. The lowest BCUT2D eigenvalue weighted by molar-refractivity contribution is -0.742. The van der Waals surface area contributed by atoms with Crippen molar-refractivity contribution in [3.8, 4) is 11.5 Å². The number of aromatic nitrogens is 2. The van der Waals surface area contributed by atoms with Gasteiger partial charge in [0.1, 0.15) is 11.6 Å². The normalized spacial score (nSPS) is 10.0. The first-order chi connectivity index (χ1) is 12.4. The van der Waals surface area contributed by atoms with Crippen LogP contribution in [0.15, 0.2) is 12.1 Å². The monoisotopic (exact) mass is 368 g/mol. The van der Waals surface area contributed by atoms with E-state index in [1.165, 1.54) is 0 Å². The van der Waals surface area contributed by atoms with Crippen molar-refractivity contribution >= 4 is 16.7 Å². The summed E-state index contributed by atoms with van der Waals surface area (Å²) in [6, 6.07) is 3.75. The molecule has 10 heteroatoms. The number of nitrogens with zero attached hydrogens (tertiary/aromatic N) is 3. The van der Waals surface area contributed by atoms with Gasteiger partial charge in [-0.05, 0) is 32.3 Å². The molecular weight excluding hydrogens is 344 g/mol. The zero-order valence-electron chi connectivity index (χ0n) is 15.1. The van der Waals surface area contributed by atoms with Gasteiger partial charge < -0.3 is 25.1 Å². The zero-order chi connectivity index (χ0) is 19.5. The highest BCUT2D eigenvalue weighted by Gasteiger charge is 2.11. The highest BCUT2D eigenvalue weighted by Crippen LogP contribution is 2.33. The molecular formula is C16H24N4O6. The highest BCUT2D eigenvalue weighted by atomic mass is 16.9. The number of aryl methyl sites for hydroxylation is 1. The van der Waals surface area contributed by atoms with Crippen LogP contribution in [0, 0.1) is 17.0 Å². The summed E-state index contributed by atoms with van der Waals surface area (Å²) in [6.45, 7) is 2.92. The number of fused-ring (bicyclic) bond motifs is 1. The Bertz CT molecular complexity index is 721. The minimum atomic E-state index is -1.50. The first kappa shape index (κ1) is 21.2. The van der Waals surface area contributed by atoms with Crippen molar-refractivity contribution in [2.24, 2.45) is 0 Å². The second-order valence-electron chi connectivity index (χ2n) is 5.29. The molecule has 0 radical (unpaired) electrons. The molecule has 26 heavy (non-hydrogen) atoms. The van der Waals surface area contributed by atoms with Crippen LogP contribution in [0.1, 0.15) is 25.1 Å². The predicted octanol–water partition coefficient (Wildman–Crippen LogP) is 2.18. The van der Waals surface area contributed by atoms with Crippen LogP contribution in [0.2, 0.25) is 0 Å². The number of rotatable bonds is 8. The molecule has 0 aliphatic rings. The Morgan fingerprint density at radius 1 is 1.15 bits per heavy atom. The minimum Gasteiger partial charge on any atom is -0.493 e. The lowest BCUT2D eigenvalue weighted by atomic mass is 10.2. The van der Waals surface area contributed by atoms with E-state index in [4.69, 9.17) is 29.9 Å². The standard InChI is InChI=1S/C16H23N3O3.HNO3/c1-11-18-13-10-15(22-3)14(21-2)9-12(13)16(19-11)17-7-5-4-6-8-20;2-1(3)4/h9-10,20H,4-8H2,1-3H3,(H,17,18,19);(H,2,3,4). The smallest absolute Gasteiger partial charge is 0.291 e. The number of unbranched alkanes of at least 4 members (excludes halogenated alkanes) is 2. The maximum Gasteiger partial charge on any atom is 0.291 e. The van der Waals surface area contributed by atoms with E-state index in [1.807, 2.05) is 19.1 Å². The number of anilines is 1. The SMILES string of the molecule is COc1cc2nc(C)nc(NCCCCCO)c2cc1OC.O=[N+]([O-])O. The van der Waals surface area contributed by atoms with Crippen molar-refractivity contribution in [1.29, 1.82) is 0 Å². The van der Waals surface area contributed by atoms with Gasteiger partial charge in [-0.3, -0.25) is 0 Å². The summed E-state index contributed by atoms with van der Waals surface area (Å²) in [5, 5.41) is 26.7. The molecule has 0 saturated heterocycles. The average molecular weight is 368 g/mol. The molecule has 0 aliphatic carbocycles. The molecule has 0 aliphatic heterocycles. The number of aliphatic hydroxyl groups is 1. The molecule has 10 nitrogen and oxygen atoms in total. The number of hydrogen-bond acceptors (Lipinski definition) is 8. The second kappa shape index (κ2) is 10.9. The lowest BCUT2D eigenvalue weighted by Crippen LogP contribution is -2.06. The van der Waals surface area contributed by atoms with E-state index in [0.29, 0.717) is 17.3 Å². The fourth-order valence-corrected chi connectivity index (χ4v) is 2.33. The summed E-state index contributed by atoms with van der Waals surface area (Å²) in [6.07, 6.45) is 2.80. The van der Waals surface area contributed by atoms with Crippen molar-refractivity contribution < 1.29 is 24.9 Å². The topological polar surface area (TPSA) is 140 Å². The highest BCUT2D eigenvalue weighted by molar-refractivity contribution is 5.91. The van der Waals surface area contributed by atoms with Gasteiger partial charge in [0.2, 0.25) is 0 Å². The van der Waals surface area contributed by atoms with Gasteiger partial charge in [0.15, 0.2) is 11.5 Å². The molecule has 1 aromatic carbocycles. The third kappa shape index (κ3) is 6.55. The fraction of sp³-hybridized carbons (Fsp3) is 0.500. The lowest BCUT2D eigenvalue weighted by Gasteiger charge is -2.13. The predicted molar refractivity (Wildman–Crippen MR) is 95.6 cm³/mol. The molecule has 2 aromatic rings. The Kier molecular flexibility index (Phi) is 8.85. The van der Waals surface area contributed by atoms with E-state index < -0.39 is 5.09 Å². The minimum absolute atomic E-state index is 0.243. The third-order valence-electron chi connectivity index (χ3n) is 3.44. The van der Waals surface area contributed by atoms with Crippen LogP contribution in [-0.2, 0) is 0 Å². The number of benzene rings is 1. The molecule has 2 rings (SSSR count). The molecule has 0 saturated carbocycles. The van der Waals surface area contributed by atoms with Crippen LogP contribution in [0.5, 0.6) is 11.5 Å². The van der Waals surface area contributed by atoms with E-state index in [9.17, 15) is 0 Å². The van der Waals surface area contributed by atoms with Gasteiger partial charge in [-0.15, -0.1) is 10.1 Å². The van der Waals surface area contributed by atoms with Gasteiger partial charge in [-0.2, -0.15) is 0 Å². The molecule has 1 heterocycles. The van der Waals surface area contributed by atoms with E-state index in [2.05, 4.69) is 15.3 Å². The van der Waals surface area contributed by atoms with Crippen molar-refractivity contribution in [3.05, 3.63) is 28.1 Å². The van der Waals surface area contributed by atoms with E-state index in [1.54, 1.807) is 14.2 Å². The quantitative estimate of drug-likeness (QED) is 0.363. The van der Waals surface area contributed by atoms with Gasteiger partial charge >= 0.3 is 0 Å². The average Bonchev–Trinajstić information content (AvgIpc) is 2.59. The zero-order valence-corrected chi connectivity index (χ0v) is 15.1. The van der Waals surface area contributed by atoms with Gasteiger partial charge in [-0.25, -0.2) is 9.97 Å². The summed E-state index contributed by atoms with van der Waals surface area (Å²) in [7, 11) is 3.22.